The number of rotatable bonds is 3. The minimum absolute atomic E-state index is 0.354. The van der Waals surface area contributed by atoms with Crippen molar-refractivity contribution in [2.75, 3.05) is 0 Å². The van der Waals surface area contributed by atoms with Crippen molar-refractivity contribution in [2.24, 2.45) is 0 Å². The summed E-state index contributed by atoms with van der Waals surface area (Å²) in [5.41, 5.74) is 1.94. The minimum atomic E-state index is 0.354. The van der Waals surface area contributed by atoms with Crippen LogP contribution < -0.4 is 0 Å². The molecule has 0 saturated heterocycles. The molecule has 0 unspecified atom stereocenters. The first-order valence-corrected chi connectivity index (χ1v) is 5.67. The summed E-state index contributed by atoms with van der Waals surface area (Å²) in [4.78, 5) is 8.46. The first-order chi connectivity index (χ1) is 8.38. The van der Waals surface area contributed by atoms with E-state index in [1.54, 1.807) is 0 Å². The van der Waals surface area contributed by atoms with E-state index in [4.69, 9.17) is 16.1 Å². The van der Waals surface area contributed by atoms with E-state index >= 15 is 0 Å². The van der Waals surface area contributed by atoms with Gasteiger partial charge in [-0.3, -0.25) is 0 Å². The van der Waals surface area contributed by atoms with Crippen LogP contribution in [-0.4, -0.2) is 19.7 Å². The molecule has 0 aliphatic rings. The number of hydrogen-bond donors (Lipinski definition) is 0. The van der Waals surface area contributed by atoms with Gasteiger partial charge in [-0.2, -0.15) is 4.98 Å². The van der Waals surface area contributed by atoms with E-state index in [1.165, 1.54) is 6.39 Å². The monoisotopic (exact) mass is 248 g/mol. The molecule has 0 N–H and O–H groups in total. The fourth-order valence-electron chi connectivity index (χ4n) is 1.81. The highest BCUT2D eigenvalue weighted by molar-refractivity contribution is 6.16. The van der Waals surface area contributed by atoms with Crippen LogP contribution in [0.2, 0.25) is 0 Å². The van der Waals surface area contributed by atoms with Gasteiger partial charge in [0.15, 0.2) is 5.82 Å². The number of benzene rings is 1. The molecule has 5 nitrogen and oxygen atoms in total. The molecule has 0 saturated carbocycles. The number of fused-ring (bicyclic) bond motifs is 1. The van der Waals surface area contributed by atoms with Crippen LogP contribution in [0.1, 0.15) is 11.6 Å². The van der Waals surface area contributed by atoms with Gasteiger partial charge in [0, 0.05) is 0 Å². The lowest BCUT2D eigenvalue weighted by Gasteiger charge is -2.03. The van der Waals surface area contributed by atoms with Crippen molar-refractivity contribution in [3.63, 3.8) is 0 Å². The molecular weight excluding hydrogens is 240 g/mol. The third-order valence-corrected chi connectivity index (χ3v) is 2.80. The number of hydrogen-bond acceptors (Lipinski definition) is 4. The SMILES string of the molecule is ClCc1nc2ccccc2n1Cc1ncon1. The van der Waals surface area contributed by atoms with Gasteiger partial charge in [-0.05, 0) is 12.1 Å². The van der Waals surface area contributed by atoms with Crippen molar-refractivity contribution in [2.45, 2.75) is 12.4 Å². The van der Waals surface area contributed by atoms with E-state index in [2.05, 4.69) is 15.1 Å². The first kappa shape index (κ1) is 10.3. The first-order valence-electron chi connectivity index (χ1n) is 5.14. The molecule has 3 aromatic rings. The Morgan fingerprint density at radius 3 is 2.94 bits per heavy atom. The van der Waals surface area contributed by atoms with Crippen LogP contribution in [-0.2, 0) is 12.4 Å². The summed E-state index contributed by atoms with van der Waals surface area (Å²) in [7, 11) is 0. The maximum Gasteiger partial charge on any atom is 0.213 e. The summed E-state index contributed by atoms with van der Waals surface area (Å²) >= 11 is 5.90. The van der Waals surface area contributed by atoms with Crippen LogP contribution in [0.3, 0.4) is 0 Å². The molecule has 2 heterocycles. The summed E-state index contributed by atoms with van der Waals surface area (Å²) in [5, 5.41) is 3.80. The van der Waals surface area contributed by atoms with Crippen molar-refractivity contribution >= 4 is 22.6 Å². The van der Waals surface area contributed by atoms with Crippen molar-refractivity contribution in [1.29, 1.82) is 0 Å². The van der Waals surface area contributed by atoms with Gasteiger partial charge in [-0.1, -0.05) is 17.3 Å². The van der Waals surface area contributed by atoms with E-state index in [9.17, 15) is 0 Å². The highest BCUT2D eigenvalue weighted by atomic mass is 35.5. The number of imidazole rings is 1. The molecule has 86 valence electrons. The second-order valence-corrected chi connectivity index (χ2v) is 3.85. The molecule has 0 aliphatic carbocycles. The molecular formula is C11H9ClN4O. The van der Waals surface area contributed by atoms with Crippen LogP contribution >= 0.6 is 11.6 Å². The van der Waals surface area contributed by atoms with Gasteiger partial charge < -0.3 is 9.09 Å². The normalized spacial score (nSPS) is 11.1. The van der Waals surface area contributed by atoms with E-state index in [-0.39, 0.29) is 0 Å². The van der Waals surface area contributed by atoms with Crippen molar-refractivity contribution in [1.82, 2.24) is 19.7 Å². The van der Waals surface area contributed by atoms with E-state index in [0.717, 1.165) is 16.9 Å². The molecule has 0 radical (unpaired) electrons. The fraction of sp³-hybridized carbons (Fsp3) is 0.182. The van der Waals surface area contributed by atoms with Gasteiger partial charge in [0.1, 0.15) is 5.82 Å². The predicted molar refractivity (Wildman–Crippen MR) is 62.7 cm³/mol. The van der Waals surface area contributed by atoms with Gasteiger partial charge in [0.25, 0.3) is 0 Å². The minimum Gasteiger partial charge on any atom is -0.343 e. The van der Waals surface area contributed by atoms with Crippen LogP contribution in [0.5, 0.6) is 0 Å². The Kier molecular flexibility index (Phi) is 2.53. The lowest BCUT2D eigenvalue weighted by atomic mass is 10.3. The zero-order valence-corrected chi connectivity index (χ0v) is 9.63. The largest absolute Gasteiger partial charge is 0.343 e. The molecule has 0 amide bonds. The maximum atomic E-state index is 5.90. The maximum absolute atomic E-state index is 5.90. The Morgan fingerprint density at radius 2 is 2.18 bits per heavy atom. The molecule has 0 atom stereocenters. The quantitative estimate of drug-likeness (QED) is 0.667. The van der Waals surface area contributed by atoms with E-state index < -0.39 is 0 Å². The number of aromatic nitrogens is 4. The second-order valence-electron chi connectivity index (χ2n) is 3.58. The third kappa shape index (κ3) is 1.78. The van der Waals surface area contributed by atoms with Gasteiger partial charge in [-0.25, -0.2) is 4.98 Å². The smallest absolute Gasteiger partial charge is 0.213 e. The molecule has 0 spiro atoms. The molecule has 0 fully saturated rings. The van der Waals surface area contributed by atoms with Gasteiger partial charge in [-0.15, -0.1) is 11.6 Å². The summed E-state index contributed by atoms with van der Waals surface area (Å²) in [6, 6.07) is 7.87. The lowest BCUT2D eigenvalue weighted by Crippen LogP contribution is -2.05. The zero-order chi connectivity index (χ0) is 11.7. The number of para-hydroxylation sites is 2. The van der Waals surface area contributed by atoms with Gasteiger partial charge in [0.05, 0.1) is 23.5 Å². The molecule has 0 aliphatic heterocycles. The Bertz CT molecular complexity index is 632. The van der Waals surface area contributed by atoms with E-state index in [1.807, 2.05) is 28.8 Å². The molecule has 3 rings (SSSR count). The summed E-state index contributed by atoms with van der Waals surface area (Å²) in [6.07, 6.45) is 1.31. The number of halogens is 1. The highest BCUT2D eigenvalue weighted by Crippen LogP contribution is 2.18. The second kappa shape index (κ2) is 4.18. The number of alkyl halides is 1. The summed E-state index contributed by atoms with van der Waals surface area (Å²) in [6.45, 7) is 0.513. The fourth-order valence-corrected chi connectivity index (χ4v) is 2.01. The Hall–Kier alpha value is -1.88. The van der Waals surface area contributed by atoms with Crippen LogP contribution in [0.4, 0.5) is 0 Å². The van der Waals surface area contributed by atoms with Crippen molar-refractivity contribution < 1.29 is 4.52 Å². The molecule has 17 heavy (non-hydrogen) atoms. The molecule has 2 aromatic heterocycles. The Balaban J connectivity index is 2.12. The average molecular weight is 249 g/mol. The van der Waals surface area contributed by atoms with Crippen LogP contribution in [0.25, 0.3) is 11.0 Å². The Labute approximate surface area is 102 Å². The van der Waals surface area contributed by atoms with Crippen molar-refractivity contribution in [3.8, 4) is 0 Å². The average Bonchev–Trinajstić information content (AvgIpc) is 2.98. The standard InChI is InChI=1S/C11H9ClN4O/c12-5-11-14-8-3-1-2-4-9(8)16(11)6-10-13-7-17-15-10/h1-4,7H,5-6H2. The van der Waals surface area contributed by atoms with Gasteiger partial charge in [0.2, 0.25) is 6.39 Å². The Morgan fingerprint density at radius 1 is 1.29 bits per heavy atom. The van der Waals surface area contributed by atoms with Gasteiger partial charge >= 0.3 is 0 Å². The molecule has 0 bridgehead atoms. The van der Waals surface area contributed by atoms with E-state index in [0.29, 0.717) is 18.2 Å². The topological polar surface area (TPSA) is 56.7 Å². The zero-order valence-electron chi connectivity index (χ0n) is 8.88. The summed E-state index contributed by atoms with van der Waals surface area (Å²) < 4.78 is 6.71. The number of nitrogens with zero attached hydrogens (tertiary/aromatic N) is 4. The molecule has 1 aromatic carbocycles. The predicted octanol–water partition coefficient (Wildman–Crippen LogP) is 2.21. The van der Waals surface area contributed by atoms with Crippen LogP contribution in [0, 0.1) is 0 Å². The lowest BCUT2D eigenvalue weighted by molar-refractivity contribution is 0.408. The van der Waals surface area contributed by atoms with Crippen molar-refractivity contribution in [3.05, 3.63) is 42.3 Å². The highest BCUT2D eigenvalue weighted by Gasteiger charge is 2.11. The molecule has 6 heteroatoms. The third-order valence-electron chi connectivity index (χ3n) is 2.56. The van der Waals surface area contributed by atoms with Crippen LogP contribution in [0.15, 0.2) is 35.2 Å². The summed E-state index contributed by atoms with van der Waals surface area (Å²) in [5.74, 6) is 1.77.